The number of fused-ring (bicyclic) bond motifs is 1. The molecule has 160 valence electrons. The van der Waals surface area contributed by atoms with E-state index >= 15 is 0 Å². The third kappa shape index (κ3) is 4.02. The number of nitrogens with zero attached hydrogens (tertiary/aromatic N) is 4. The Balaban J connectivity index is 1.71. The van der Waals surface area contributed by atoms with Crippen LogP contribution in [0.4, 0.5) is 17.3 Å². The number of aliphatic hydroxyl groups excluding tert-OH is 1. The Morgan fingerprint density at radius 1 is 1.30 bits per heavy atom. The van der Waals surface area contributed by atoms with Crippen molar-refractivity contribution >= 4 is 49.0 Å². The summed E-state index contributed by atoms with van der Waals surface area (Å²) in [4.78, 5) is 6.96. The number of aromatic nitrogens is 3. The van der Waals surface area contributed by atoms with Crippen molar-refractivity contribution in [1.82, 2.24) is 14.6 Å². The zero-order valence-electron chi connectivity index (χ0n) is 16.3. The maximum Gasteiger partial charge on any atom is 0.296 e. The second-order valence-corrected chi connectivity index (χ2v) is 9.59. The molecule has 9 nitrogen and oxygen atoms in total. The Bertz CT molecular complexity index is 1150. The number of anilines is 3. The van der Waals surface area contributed by atoms with Gasteiger partial charge in [-0.15, -0.1) is 0 Å². The number of piperidine rings is 1. The molecular formula is C19H22BrN5O4S. The van der Waals surface area contributed by atoms with Crippen LogP contribution < -0.4 is 10.2 Å². The molecule has 1 atom stereocenters. The summed E-state index contributed by atoms with van der Waals surface area (Å²) in [5, 5.41) is 17.5. The van der Waals surface area contributed by atoms with Crippen LogP contribution in [-0.2, 0) is 14.3 Å². The van der Waals surface area contributed by atoms with Gasteiger partial charge in [0, 0.05) is 18.3 Å². The molecule has 0 radical (unpaired) electrons. The van der Waals surface area contributed by atoms with E-state index in [9.17, 15) is 13.5 Å². The van der Waals surface area contributed by atoms with Gasteiger partial charge in [0.1, 0.15) is 11.6 Å². The molecule has 0 saturated carbocycles. The van der Waals surface area contributed by atoms with Crippen molar-refractivity contribution in [3.63, 3.8) is 0 Å². The number of aliphatic hydroxyl groups is 1. The maximum absolute atomic E-state index is 11.8. The van der Waals surface area contributed by atoms with Gasteiger partial charge in [0.2, 0.25) is 0 Å². The van der Waals surface area contributed by atoms with E-state index in [0.29, 0.717) is 17.2 Å². The summed E-state index contributed by atoms with van der Waals surface area (Å²) in [5.74, 6) is 1.42. The summed E-state index contributed by atoms with van der Waals surface area (Å²) >= 11 is 3.49. The standard InChI is InChI=1S/C19H22BrN5O4S/c1-29-30(27,28)15-7-5-13(6-8-15)22-18-10-17(23-19-16(20)11-21-25(18)19)24-9-3-2-4-14(24)12-26/h5-8,10-11,14,22,26H,2-4,9,12H2,1H3. The molecule has 1 unspecified atom stereocenters. The van der Waals surface area contributed by atoms with E-state index < -0.39 is 10.1 Å². The highest BCUT2D eigenvalue weighted by Crippen LogP contribution is 2.30. The molecule has 0 bridgehead atoms. The fraction of sp³-hybridized carbons (Fsp3) is 0.368. The monoisotopic (exact) mass is 495 g/mol. The van der Waals surface area contributed by atoms with Gasteiger partial charge in [0.05, 0.1) is 35.3 Å². The minimum Gasteiger partial charge on any atom is -0.394 e. The predicted molar refractivity (Wildman–Crippen MR) is 117 cm³/mol. The van der Waals surface area contributed by atoms with Crippen LogP contribution in [0.3, 0.4) is 0 Å². The molecule has 2 aromatic heterocycles. The van der Waals surface area contributed by atoms with E-state index in [1.165, 1.54) is 12.1 Å². The molecule has 0 spiro atoms. The van der Waals surface area contributed by atoms with Gasteiger partial charge < -0.3 is 15.3 Å². The molecule has 1 fully saturated rings. The first-order valence-corrected chi connectivity index (χ1v) is 11.7. The van der Waals surface area contributed by atoms with Gasteiger partial charge in [-0.05, 0) is 59.5 Å². The second-order valence-electron chi connectivity index (χ2n) is 7.02. The third-order valence-electron chi connectivity index (χ3n) is 5.18. The summed E-state index contributed by atoms with van der Waals surface area (Å²) in [6.07, 6.45) is 4.72. The third-order valence-corrected chi connectivity index (χ3v) is 7.03. The van der Waals surface area contributed by atoms with Gasteiger partial charge in [-0.2, -0.15) is 18.0 Å². The van der Waals surface area contributed by atoms with E-state index in [4.69, 9.17) is 4.98 Å². The highest BCUT2D eigenvalue weighted by atomic mass is 79.9. The van der Waals surface area contributed by atoms with Crippen molar-refractivity contribution < 1.29 is 17.7 Å². The summed E-state index contributed by atoms with van der Waals surface area (Å²) in [6, 6.07) is 8.20. The van der Waals surface area contributed by atoms with Crippen LogP contribution in [0.5, 0.6) is 0 Å². The zero-order valence-corrected chi connectivity index (χ0v) is 18.7. The molecule has 30 heavy (non-hydrogen) atoms. The number of benzene rings is 1. The lowest BCUT2D eigenvalue weighted by molar-refractivity contribution is 0.239. The normalized spacial score (nSPS) is 17.4. The molecule has 3 aromatic rings. The summed E-state index contributed by atoms with van der Waals surface area (Å²) in [6.45, 7) is 0.897. The number of halogens is 1. The van der Waals surface area contributed by atoms with Gasteiger partial charge in [-0.1, -0.05) is 0 Å². The van der Waals surface area contributed by atoms with Crippen molar-refractivity contribution in [2.75, 3.05) is 30.5 Å². The van der Waals surface area contributed by atoms with Crippen LogP contribution in [0.2, 0.25) is 0 Å². The van der Waals surface area contributed by atoms with Crippen molar-refractivity contribution in [3.05, 3.63) is 41.0 Å². The van der Waals surface area contributed by atoms with Gasteiger partial charge in [0.25, 0.3) is 10.1 Å². The SMILES string of the molecule is COS(=O)(=O)c1ccc(Nc2cc(N3CCCCC3CO)nc3c(Br)cnn23)cc1. The fourth-order valence-corrected chi connectivity index (χ4v) is 4.61. The smallest absolute Gasteiger partial charge is 0.296 e. The lowest BCUT2D eigenvalue weighted by Gasteiger charge is -2.35. The highest BCUT2D eigenvalue weighted by Gasteiger charge is 2.24. The minimum absolute atomic E-state index is 0.0294. The van der Waals surface area contributed by atoms with Crippen molar-refractivity contribution in [2.45, 2.75) is 30.2 Å². The molecule has 4 rings (SSSR count). The van der Waals surface area contributed by atoms with Crippen molar-refractivity contribution in [1.29, 1.82) is 0 Å². The van der Waals surface area contributed by atoms with Crippen LogP contribution in [0.1, 0.15) is 19.3 Å². The average Bonchev–Trinajstić information content (AvgIpc) is 3.15. The Labute approximate surface area is 182 Å². The molecule has 3 heterocycles. The summed E-state index contributed by atoms with van der Waals surface area (Å²) in [7, 11) is -2.61. The van der Waals surface area contributed by atoms with Crippen LogP contribution in [-0.4, -0.2) is 54.4 Å². The van der Waals surface area contributed by atoms with E-state index in [2.05, 4.69) is 35.4 Å². The van der Waals surface area contributed by atoms with Gasteiger partial charge in [0.15, 0.2) is 5.65 Å². The van der Waals surface area contributed by atoms with E-state index in [1.54, 1.807) is 22.8 Å². The second kappa shape index (κ2) is 8.50. The lowest BCUT2D eigenvalue weighted by atomic mass is 10.0. The van der Waals surface area contributed by atoms with Gasteiger partial charge in [-0.25, -0.2) is 4.98 Å². The molecule has 2 N–H and O–H groups in total. The highest BCUT2D eigenvalue weighted by molar-refractivity contribution is 9.10. The Morgan fingerprint density at radius 2 is 2.07 bits per heavy atom. The van der Waals surface area contributed by atoms with Crippen LogP contribution in [0.25, 0.3) is 5.65 Å². The van der Waals surface area contributed by atoms with E-state index in [-0.39, 0.29) is 17.5 Å². The molecule has 0 aliphatic carbocycles. The quantitative estimate of drug-likeness (QED) is 0.502. The molecule has 1 saturated heterocycles. The fourth-order valence-electron chi connectivity index (χ4n) is 3.60. The topological polar surface area (TPSA) is 109 Å². The molecular weight excluding hydrogens is 474 g/mol. The van der Waals surface area contributed by atoms with Crippen LogP contribution in [0.15, 0.2) is 45.9 Å². The zero-order chi connectivity index (χ0) is 21.3. The largest absolute Gasteiger partial charge is 0.394 e. The molecule has 0 amide bonds. The number of hydrogen-bond acceptors (Lipinski definition) is 8. The van der Waals surface area contributed by atoms with Crippen molar-refractivity contribution in [3.8, 4) is 0 Å². The van der Waals surface area contributed by atoms with E-state index in [0.717, 1.165) is 43.2 Å². The van der Waals surface area contributed by atoms with Crippen molar-refractivity contribution in [2.24, 2.45) is 0 Å². The first-order chi connectivity index (χ1) is 14.4. The molecule has 1 aromatic carbocycles. The lowest BCUT2D eigenvalue weighted by Crippen LogP contribution is -2.42. The summed E-state index contributed by atoms with van der Waals surface area (Å²) < 4.78 is 30.6. The number of nitrogens with one attached hydrogen (secondary N) is 1. The molecule has 1 aliphatic rings. The van der Waals surface area contributed by atoms with Crippen LogP contribution in [0, 0.1) is 0 Å². The number of rotatable bonds is 6. The first-order valence-electron chi connectivity index (χ1n) is 9.52. The predicted octanol–water partition coefficient (Wildman–Crippen LogP) is 2.92. The first kappa shape index (κ1) is 21.0. The van der Waals surface area contributed by atoms with Gasteiger partial charge >= 0.3 is 0 Å². The number of hydrogen-bond donors (Lipinski definition) is 2. The van der Waals surface area contributed by atoms with E-state index in [1.807, 2.05) is 6.07 Å². The van der Waals surface area contributed by atoms with Gasteiger partial charge in [-0.3, -0.25) is 4.18 Å². The Morgan fingerprint density at radius 3 is 2.77 bits per heavy atom. The average molecular weight is 496 g/mol. The summed E-state index contributed by atoms with van der Waals surface area (Å²) in [5.41, 5.74) is 1.34. The van der Waals surface area contributed by atoms with Crippen LogP contribution >= 0.6 is 15.9 Å². The Kier molecular flexibility index (Phi) is 5.96. The Hall–Kier alpha value is -2.21. The molecule has 11 heteroatoms. The maximum atomic E-state index is 11.8. The minimum atomic E-state index is -3.74. The molecule has 1 aliphatic heterocycles.